The van der Waals surface area contributed by atoms with Crippen LogP contribution in [-0.2, 0) is 99.2 Å². The first-order chi connectivity index (χ1) is 53.1. The number of pyridine rings is 1. The Morgan fingerprint density at radius 3 is 1.95 bits per heavy atom. The summed E-state index contributed by atoms with van der Waals surface area (Å²) < 4.78 is 21.0. The second-order valence-corrected chi connectivity index (χ2v) is 27.7. The number of imidazole rings is 1. The molecule has 7 rings (SSSR count). The van der Waals surface area contributed by atoms with Crippen LogP contribution in [-0.4, -0.2) is 226 Å². The van der Waals surface area contributed by atoms with Gasteiger partial charge in [0.1, 0.15) is 71.0 Å². The fourth-order valence-corrected chi connectivity index (χ4v) is 12.9. The molecule has 1 aliphatic rings. The molecule has 600 valence electrons. The van der Waals surface area contributed by atoms with E-state index in [4.69, 9.17) is 10.5 Å². The molecule has 34 nitrogen and oxygen atoms in total. The van der Waals surface area contributed by atoms with Gasteiger partial charge in [-0.25, -0.2) is 9.37 Å². The van der Waals surface area contributed by atoms with E-state index in [1.54, 1.807) is 48.7 Å². The van der Waals surface area contributed by atoms with Crippen LogP contribution < -0.4 is 53.6 Å². The Morgan fingerprint density at radius 1 is 0.679 bits per heavy atom. The number of carboxylic acids is 2. The third-order valence-electron chi connectivity index (χ3n) is 19.2. The number of hydrogen-bond donors (Lipinski definition) is 17. The number of methoxy groups -OCH3 is 1. The molecule has 4 aromatic carbocycles. The predicted octanol–water partition coefficient (Wildman–Crippen LogP) is -0.516. The number of carbonyl (C=O) groups excluding carboxylic acids is 11. The van der Waals surface area contributed by atoms with Crippen LogP contribution in [0.3, 0.4) is 0 Å². The molecule has 3 heterocycles. The number of phenolic OH excluding ortho intramolecular Hbond substituents is 1. The third-order valence-corrected chi connectivity index (χ3v) is 19.2. The van der Waals surface area contributed by atoms with Crippen LogP contribution in [0.4, 0.5) is 4.39 Å². The van der Waals surface area contributed by atoms with Crippen molar-refractivity contribution in [3.63, 3.8) is 0 Å². The van der Waals surface area contributed by atoms with E-state index in [-0.39, 0.29) is 43.5 Å². The molecule has 1 fully saturated rings. The van der Waals surface area contributed by atoms with E-state index in [2.05, 4.69) is 62.8 Å². The summed E-state index contributed by atoms with van der Waals surface area (Å²) in [5, 5.41) is 83.5. The van der Waals surface area contributed by atoms with Crippen LogP contribution in [0.15, 0.2) is 122 Å². The van der Waals surface area contributed by atoms with Crippen LogP contribution in [0.5, 0.6) is 5.75 Å². The van der Waals surface area contributed by atoms with Gasteiger partial charge in [0.25, 0.3) is 5.91 Å². The minimum atomic E-state index is -2.43. The number of aliphatic hydroxyl groups is 3. The fraction of sp³-hybridized carbons (Fsp3) is 0.416. The van der Waals surface area contributed by atoms with Gasteiger partial charge in [0.05, 0.1) is 38.1 Å². The van der Waals surface area contributed by atoms with Crippen molar-refractivity contribution in [2.45, 2.75) is 177 Å². The van der Waals surface area contributed by atoms with Crippen LogP contribution in [0.2, 0.25) is 0 Å². The Morgan fingerprint density at radius 2 is 1.32 bits per heavy atom. The van der Waals surface area contributed by atoms with Crippen molar-refractivity contribution in [1.29, 1.82) is 0 Å². The molecule has 11 amide bonds. The van der Waals surface area contributed by atoms with E-state index in [0.29, 0.717) is 40.8 Å². The standard InChI is InChI=1S/C77H95FN14O20/c1-8-45-31-50(96)22-23-52(45)46-20-18-44(19-21-46)30-57(68(104)84-56(66(79)102)32-48-36-80-28-26-53(48)51-16-11-9-14-41(51)2)85-69(105)58(34-63(100)101)86-70(106)59(39-93)87-71(107)64(42(3)94)90-74(110)76(5,35-47-15-10-12-17-54(47)78)91-72(108)65(43(4)95)89-61(97)38-82-67(103)55(24-25-62(98)99)88-75(111)77(6)27-13-29-92(77)73(109)60(112-7)33-49-37-81-40-83-49/h9-12,14-23,26,28,31,36-37,40,42-43,55-60,64-65,93-96H,8,13,24-25,27,29-30,32-35,38-39H2,1-7H3,(H2,79,102)(H,81,83)(H,82,103)(H,84,104)(H,85,105)(H,86,106)(H,87,107)(H,88,111)(H,89,97)(H,90,110)(H,91,108)(H,98,99)(H,100,101)/t42-,43-,55+,56+,57+,58+,59+,60+,64+,65+,76-,77+/m1/s1. The number of nitrogens with one attached hydrogen (secondary N) is 10. The summed E-state index contributed by atoms with van der Waals surface area (Å²) in [5.41, 5.74) is 7.84. The lowest BCUT2D eigenvalue weighted by Gasteiger charge is -2.36. The van der Waals surface area contributed by atoms with Gasteiger partial charge in [-0.3, -0.25) is 67.3 Å². The van der Waals surface area contributed by atoms with Gasteiger partial charge in [-0.1, -0.05) is 79.7 Å². The Hall–Kier alpha value is -12.1. The summed E-state index contributed by atoms with van der Waals surface area (Å²) in [5.74, 6) is -16.4. The number of aryl methyl sites for hydroxylation is 2. The molecule has 0 radical (unpaired) electrons. The van der Waals surface area contributed by atoms with E-state index in [1.807, 2.05) is 38.1 Å². The second kappa shape index (κ2) is 40.0. The molecule has 1 saturated heterocycles. The van der Waals surface area contributed by atoms with Crippen molar-refractivity contribution in [2.75, 3.05) is 26.8 Å². The fourth-order valence-electron chi connectivity index (χ4n) is 12.9. The zero-order valence-electron chi connectivity index (χ0n) is 62.7. The van der Waals surface area contributed by atoms with Crippen LogP contribution >= 0.6 is 0 Å². The monoisotopic (exact) mass is 1550 g/mol. The van der Waals surface area contributed by atoms with Crippen LogP contribution in [0, 0.1) is 12.7 Å². The Bertz CT molecular complexity index is 4390. The molecule has 2 aromatic heterocycles. The zero-order valence-corrected chi connectivity index (χ0v) is 62.7. The molecule has 112 heavy (non-hydrogen) atoms. The number of primary amides is 1. The molecule has 35 heteroatoms. The number of aliphatic carboxylic acids is 2. The van der Waals surface area contributed by atoms with Crippen molar-refractivity contribution in [3.8, 4) is 28.0 Å². The number of carboxylic acid groups (broad SMARTS) is 2. The smallest absolute Gasteiger partial charge is 0.305 e. The number of amides is 11. The molecule has 0 saturated carbocycles. The van der Waals surface area contributed by atoms with Gasteiger partial charge in [-0.15, -0.1) is 0 Å². The maximum Gasteiger partial charge on any atom is 0.305 e. The number of H-pyrrole nitrogens is 1. The number of aromatic nitrogens is 3. The highest BCUT2D eigenvalue weighted by Crippen LogP contribution is 2.33. The van der Waals surface area contributed by atoms with Crippen molar-refractivity contribution >= 4 is 76.9 Å². The number of nitrogens with two attached hydrogens (primary N) is 1. The predicted molar refractivity (Wildman–Crippen MR) is 399 cm³/mol. The second-order valence-electron chi connectivity index (χ2n) is 27.7. The highest BCUT2D eigenvalue weighted by molar-refractivity contribution is 6.01. The van der Waals surface area contributed by atoms with Crippen LogP contribution in [0.1, 0.15) is 100 Å². The Labute approximate surface area is 643 Å². The average molecular weight is 1560 g/mol. The molecule has 0 spiro atoms. The zero-order chi connectivity index (χ0) is 82.3. The van der Waals surface area contributed by atoms with E-state index >= 15 is 4.39 Å². The van der Waals surface area contributed by atoms with Gasteiger partial charge < -0.3 is 98.8 Å². The van der Waals surface area contributed by atoms with E-state index < -0.39 is 193 Å². The summed E-state index contributed by atoms with van der Waals surface area (Å²) in [6, 6.07) is 12.5. The highest BCUT2D eigenvalue weighted by Gasteiger charge is 2.49. The van der Waals surface area contributed by atoms with Gasteiger partial charge >= 0.3 is 11.9 Å². The van der Waals surface area contributed by atoms with Crippen molar-refractivity contribution in [2.24, 2.45) is 5.73 Å². The van der Waals surface area contributed by atoms with E-state index in [1.165, 1.54) is 61.9 Å². The molecular weight excluding hydrogens is 1460 g/mol. The van der Waals surface area contributed by atoms with E-state index in [9.17, 15) is 93.0 Å². The van der Waals surface area contributed by atoms with E-state index in [0.717, 1.165) is 49.1 Å². The first-order valence-electron chi connectivity index (χ1n) is 36.0. The molecule has 6 aromatic rings. The number of aliphatic hydroxyl groups excluding tert-OH is 3. The van der Waals surface area contributed by atoms with Gasteiger partial charge in [-0.2, -0.15) is 0 Å². The third kappa shape index (κ3) is 23.5. The number of aromatic amines is 1. The number of benzene rings is 4. The number of ether oxygens (including phenoxy) is 1. The number of phenols is 1. The summed E-state index contributed by atoms with van der Waals surface area (Å²) in [6.07, 6.45) is -1.34. The number of likely N-dealkylation sites (tertiary alicyclic amines) is 1. The topological polar surface area (TPSA) is 532 Å². The number of aromatic hydroxyl groups is 1. The average Bonchev–Trinajstić information content (AvgIpc) is 1.63. The Balaban J connectivity index is 1.06. The molecular formula is C77H95FN14O20. The number of halogens is 1. The highest BCUT2D eigenvalue weighted by atomic mass is 19.1. The first-order valence-corrected chi connectivity index (χ1v) is 36.0. The lowest BCUT2D eigenvalue weighted by Crippen LogP contribution is -2.67. The number of carbonyl (C=O) groups is 13. The van der Waals surface area contributed by atoms with Gasteiger partial charge in [0.2, 0.25) is 59.1 Å². The van der Waals surface area contributed by atoms with Crippen molar-refractivity contribution in [1.82, 2.24) is 67.7 Å². The molecule has 0 unspecified atom stereocenters. The van der Waals surface area contributed by atoms with Crippen molar-refractivity contribution in [3.05, 3.63) is 161 Å². The molecule has 1 aliphatic heterocycles. The minimum absolute atomic E-state index is 0.0538. The van der Waals surface area contributed by atoms with Crippen LogP contribution in [0.25, 0.3) is 22.3 Å². The quantitative estimate of drug-likeness (QED) is 0.0230. The van der Waals surface area contributed by atoms with Crippen molar-refractivity contribution < 1.29 is 102 Å². The molecule has 0 bridgehead atoms. The summed E-state index contributed by atoms with van der Waals surface area (Å²) in [4.78, 5) is 192. The molecule has 12 atom stereocenters. The van der Waals surface area contributed by atoms with Gasteiger partial charge in [0.15, 0.2) is 0 Å². The summed E-state index contributed by atoms with van der Waals surface area (Å²) >= 11 is 0. The Kier molecular flexibility index (Phi) is 31.2. The van der Waals surface area contributed by atoms with Gasteiger partial charge in [-0.05, 0) is 135 Å². The minimum Gasteiger partial charge on any atom is -0.508 e. The van der Waals surface area contributed by atoms with Gasteiger partial charge in [0, 0.05) is 70.0 Å². The lowest BCUT2D eigenvalue weighted by molar-refractivity contribution is -0.152. The number of nitrogens with zero attached hydrogens (tertiary/aromatic N) is 3. The lowest BCUT2D eigenvalue weighted by atomic mass is 9.90. The maximum absolute atomic E-state index is 15.5. The molecule has 0 aliphatic carbocycles. The summed E-state index contributed by atoms with van der Waals surface area (Å²) in [6.45, 7) is 6.17. The normalized spacial score (nSPS) is 16.4. The number of hydrogen-bond acceptors (Lipinski definition) is 20. The summed E-state index contributed by atoms with van der Waals surface area (Å²) in [7, 11) is 1.31. The first kappa shape index (κ1) is 87.1. The SMILES string of the molecule is CCc1cc(O)ccc1-c1ccc(C[C@H](NC(=O)[C@H](CC(=O)O)NC(=O)[C@H](CO)NC(=O)[C@@H](NC(=O)[C@@](C)(Cc2ccccc2F)NC(=O)[C@@H](NC(=O)CNC(=O)[C@H](CCC(=O)O)NC(=O)[C@]2(C)CCCN2C(=O)[C@H](Cc2cnc[nH]2)OC)[C@@H](C)O)[C@@H](C)O)C(=O)N[C@@H](Cc2cnccc2-c2ccccc2C)C(N)=O)cc1. The maximum atomic E-state index is 15.5. The largest absolute Gasteiger partial charge is 0.508 e. The number of rotatable bonds is 40. The molecule has 18 N–H and O–H groups in total.